The van der Waals surface area contributed by atoms with Crippen LogP contribution < -0.4 is 16.6 Å². The van der Waals surface area contributed by atoms with Crippen LogP contribution in [0, 0.1) is 11.6 Å². The van der Waals surface area contributed by atoms with Crippen molar-refractivity contribution in [2.75, 3.05) is 0 Å². The van der Waals surface area contributed by atoms with E-state index >= 15 is 0 Å². The number of halogens is 2. The number of benzene rings is 1. The molecule has 1 aromatic carbocycles. The van der Waals surface area contributed by atoms with Crippen molar-refractivity contribution in [3.05, 3.63) is 29.3 Å². The molecule has 1 rings (SSSR count). The lowest BCUT2D eigenvalue weighted by Crippen LogP contribution is -2.33. The highest BCUT2D eigenvalue weighted by Crippen LogP contribution is 2.08. The fourth-order valence-electron chi connectivity index (χ4n) is 1.04. The molecule has 0 atom stereocenters. The summed E-state index contributed by atoms with van der Waals surface area (Å²) in [5.41, 5.74) is 5.62. The molecule has 9 heteroatoms. The van der Waals surface area contributed by atoms with Crippen molar-refractivity contribution in [2.24, 2.45) is 10.8 Å². The van der Waals surface area contributed by atoms with Gasteiger partial charge < -0.3 is 15.8 Å². The first-order valence-electron chi connectivity index (χ1n) is 4.36. The van der Waals surface area contributed by atoms with E-state index in [1.54, 1.807) is 5.43 Å². The standard InChI is InChI=1S/C8H8BF2N3O3/c10-6-4(3-13-14-8(12)15)1-2-5(7(6)11)9(16)17/h1-3,16-17H,(H3,12,14,15). The zero-order valence-corrected chi connectivity index (χ0v) is 8.39. The Labute approximate surface area is 94.9 Å². The molecule has 0 bridgehead atoms. The van der Waals surface area contributed by atoms with Crippen LogP contribution in [0.4, 0.5) is 13.6 Å². The normalized spacial score (nSPS) is 10.6. The molecule has 0 saturated carbocycles. The van der Waals surface area contributed by atoms with Gasteiger partial charge in [-0.25, -0.2) is 19.0 Å². The Balaban J connectivity index is 3.00. The summed E-state index contributed by atoms with van der Waals surface area (Å²) in [6, 6.07) is 1.10. The number of primary amides is 1. The maximum absolute atomic E-state index is 13.3. The first-order chi connectivity index (χ1) is 7.93. The molecule has 17 heavy (non-hydrogen) atoms. The van der Waals surface area contributed by atoms with E-state index in [2.05, 4.69) is 5.10 Å². The van der Waals surface area contributed by atoms with Gasteiger partial charge in [-0.2, -0.15) is 5.10 Å². The lowest BCUT2D eigenvalue weighted by Gasteiger charge is -2.04. The van der Waals surface area contributed by atoms with Crippen LogP contribution in [0.5, 0.6) is 0 Å². The van der Waals surface area contributed by atoms with Gasteiger partial charge in [-0.05, 0) is 0 Å². The summed E-state index contributed by atoms with van der Waals surface area (Å²) in [4.78, 5) is 10.2. The molecule has 0 spiro atoms. The molecular weight excluding hydrogens is 235 g/mol. The highest BCUT2D eigenvalue weighted by Gasteiger charge is 2.20. The number of urea groups is 1. The van der Waals surface area contributed by atoms with Gasteiger partial charge in [-0.15, -0.1) is 0 Å². The van der Waals surface area contributed by atoms with Gasteiger partial charge in [0.1, 0.15) is 0 Å². The van der Waals surface area contributed by atoms with Crippen molar-refractivity contribution in [1.82, 2.24) is 5.43 Å². The lowest BCUT2D eigenvalue weighted by atomic mass is 9.79. The molecule has 0 aliphatic carbocycles. The maximum atomic E-state index is 13.3. The summed E-state index contributed by atoms with van der Waals surface area (Å²) in [7, 11) is -2.11. The van der Waals surface area contributed by atoms with E-state index < -0.39 is 30.2 Å². The summed E-state index contributed by atoms with van der Waals surface area (Å²) >= 11 is 0. The topological polar surface area (TPSA) is 108 Å². The molecule has 0 aromatic heterocycles. The Morgan fingerprint density at radius 1 is 1.41 bits per heavy atom. The van der Waals surface area contributed by atoms with Gasteiger partial charge in [-0.1, -0.05) is 12.1 Å². The minimum Gasteiger partial charge on any atom is -0.423 e. The molecule has 1 aromatic rings. The SMILES string of the molecule is NC(=O)NN=Cc1ccc(B(O)O)c(F)c1F. The molecule has 0 fully saturated rings. The molecular formula is C8H8BF2N3O3. The zero-order chi connectivity index (χ0) is 13.0. The predicted octanol–water partition coefficient (Wildman–Crippen LogP) is -1.35. The molecule has 0 aliphatic heterocycles. The summed E-state index contributed by atoms with van der Waals surface area (Å²) in [5, 5.41) is 20.7. The number of carbonyl (C=O) groups excluding carboxylic acids is 1. The van der Waals surface area contributed by atoms with Crippen LogP contribution in [0.3, 0.4) is 0 Å². The number of hydrogen-bond donors (Lipinski definition) is 4. The third-order valence-corrected chi connectivity index (χ3v) is 1.80. The molecule has 90 valence electrons. The minimum atomic E-state index is -2.11. The Morgan fingerprint density at radius 3 is 2.59 bits per heavy atom. The summed E-state index contributed by atoms with van der Waals surface area (Å²) in [6.07, 6.45) is 0.830. The van der Waals surface area contributed by atoms with Gasteiger partial charge in [0.15, 0.2) is 11.6 Å². The highest BCUT2D eigenvalue weighted by molar-refractivity contribution is 6.58. The summed E-state index contributed by atoms with van der Waals surface area (Å²) < 4.78 is 26.5. The van der Waals surface area contributed by atoms with E-state index in [1.807, 2.05) is 0 Å². The van der Waals surface area contributed by atoms with E-state index in [-0.39, 0.29) is 5.56 Å². The summed E-state index contributed by atoms with van der Waals surface area (Å²) in [6.45, 7) is 0. The number of hydrogen-bond acceptors (Lipinski definition) is 4. The smallest absolute Gasteiger partial charge is 0.423 e. The Bertz CT molecular complexity index is 468. The number of nitrogens with one attached hydrogen (secondary N) is 1. The van der Waals surface area contributed by atoms with Crippen molar-refractivity contribution in [2.45, 2.75) is 0 Å². The highest BCUT2D eigenvalue weighted by atomic mass is 19.2. The molecule has 0 heterocycles. The fraction of sp³-hybridized carbons (Fsp3) is 0. The quantitative estimate of drug-likeness (QED) is 0.299. The van der Waals surface area contributed by atoms with Crippen LogP contribution in [0.2, 0.25) is 0 Å². The van der Waals surface area contributed by atoms with Crippen LogP contribution in [0.1, 0.15) is 5.56 Å². The second-order valence-corrected chi connectivity index (χ2v) is 2.98. The monoisotopic (exact) mass is 243 g/mol. The first kappa shape index (κ1) is 13.1. The van der Waals surface area contributed by atoms with Gasteiger partial charge in [0.25, 0.3) is 0 Å². The average molecular weight is 243 g/mol. The van der Waals surface area contributed by atoms with Gasteiger partial charge in [0, 0.05) is 11.0 Å². The summed E-state index contributed by atoms with van der Waals surface area (Å²) in [5.74, 6) is -2.71. The van der Waals surface area contributed by atoms with Gasteiger partial charge in [-0.3, -0.25) is 0 Å². The fourth-order valence-corrected chi connectivity index (χ4v) is 1.04. The Morgan fingerprint density at radius 2 is 2.06 bits per heavy atom. The third-order valence-electron chi connectivity index (χ3n) is 1.80. The lowest BCUT2D eigenvalue weighted by molar-refractivity contribution is 0.249. The maximum Gasteiger partial charge on any atom is 0.491 e. The third kappa shape index (κ3) is 3.23. The molecule has 0 aliphatic rings. The van der Waals surface area contributed by atoms with E-state index in [4.69, 9.17) is 15.8 Å². The van der Waals surface area contributed by atoms with Gasteiger partial charge in [0.2, 0.25) is 0 Å². The van der Waals surface area contributed by atoms with Crippen LogP contribution in [0.15, 0.2) is 17.2 Å². The predicted molar refractivity (Wildman–Crippen MR) is 56.5 cm³/mol. The Kier molecular flexibility index (Phi) is 4.13. The van der Waals surface area contributed by atoms with Crippen LogP contribution in [-0.4, -0.2) is 29.4 Å². The minimum absolute atomic E-state index is 0.277. The molecule has 0 saturated heterocycles. The van der Waals surface area contributed by atoms with Crippen molar-refractivity contribution in [3.63, 3.8) is 0 Å². The van der Waals surface area contributed by atoms with Gasteiger partial charge in [0.05, 0.1) is 6.21 Å². The number of rotatable bonds is 3. The van der Waals surface area contributed by atoms with E-state index in [1.165, 1.54) is 0 Å². The van der Waals surface area contributed by atoms with E-state index in [9.17, 15) is 13.6 Å². The van der Waals surface area contributed by atoms with Crippen LogP contribution in [0.25, 0.3) is 0 Å². The molecule has 5 N–H and O–H groups in total. The molecule has 6 nitrogen and oxygen atoms in total. The number of nitrogens with zero attached hydrogens (tertiary/aromatic N) is 1. The van der Waals surface area contributed by atoms with Crippen molar-refractivity contribution < 1.29 is 23.6 Å². The molecule has 2 amide bonds. The Hall–Kier alpha value is -2.00. The number of amides is 2. The number of carbonyl (C=O) groups is 1. The van der Waals surface area contributed by atoms with Crippen molar-refractivity contribution in [3.8, 4) is 0 Å². The number of nitrogens with two attached hydrogens (primary N) is 1. The van der Waals surface area contributed by atoms with E-state index in [0.717, 1.165) is 18.3 Å². The van der Waals surface area contributed by atoms with Crippen LogP contribution >= 0.6 is 0 Å². The average Bonchev–Trinajstić information content (AvgIpc) is 2.23. The zero-order valence-electron chi connectivity index (χ0n) is 8.39. The first-order valence-corrected chi connectivity index (χ1v) is 4.36. The van der Waals surface area contributed by atoms with Gasteiger partial charge >= 0.3 is 13.1 Å². The molecule has 0 radical (unpaired) electrons. The van der Waals surface area contributed by atoms with E-state index in [0.29, 0.717) is 0 Å². The second kappa shape index (κ2) is 5.37. The van der Waals surface area contributed by atoms with Crippen molar-refractivity contribution in [1.29, 1.82) is 0 Å². The molecule has 0 unspecified atom stereocenters. The second-order valence-electron chi connectivity index (χ2n) is 2.98. The largest absolute Gasteiger partial charge is 0.491 e. The number of hydrazone groups is 1. The van der Waals surface area contributed by atoms with Crippen LogP contribution in [-0.2, 0) is 0 Å². The van der Waals surface area contributed by atoms with Crippen molar-refractivity contribution >= 4 is 24.8 Å².